The normalized spacial score (nSPS) is 12.8. The van der Waals surface area contributed by atoms with E-state index in [0.29, 0.717) is 29.5 Å². The molecule has 49 heavy (non-hydrogen) atoms. The first-order chi connectivity index (χ1) is 23.1. The van der Waals surface area contributed by atoms with Crippen LogP contribution in [0.1, 0.15) is 101 Å². The quantitative estimate of drug-likeness (QED) is 0.123. The average Bonchev–Trinajstić information content (AvgIpc) is 3.76. The second-order valence-electron chi connectivity index (χ2n) is 13.8. The summed E-state index contributed by atoms with van der Waals surface area (Å²) in [5.41, 5.74) is 11.0. The number of nitrogens with zero attached hydrogens (tertiary/aromatic N) is 5. The summed E-state index contributed by atoms with van der Waals surface area (Å²) in [4.78, 5) is 18.1. The van der Waals surface area contributed by atoms with Crippen molar-refractivity contribution in [1.29, 1.82) is 0 Å². The standard InChI is InChI=1S/C27H37N2.C16H10N3.Cu/c1-18(2)22-11-9-12-23(19(3)4)26(22)28-15-16-29(17-28)27-24(20(5)6)13-10-14-25(27)21(7)8;1-2-6-12-11(5-1)8-9-13-15(12)19-16(18-13)14-7-3-4-10-17-14;/h9-21H,1-8H3;1-10H;/q2*-1;+2. The topological polar surface area (TPSA) is 46.4 Å². The van der Waals surface area contributed by atoms with Gasteiger partial charge in [-0.15, -0.1) is 6.67 Å². The minimum atomic E-state index is 0. The first-order valence-electron chi connectivity index (χ1n) is 17.2. The minimum Gasteiger partial charge on any atom is -0.479 e. The largest absolute Gasteiger partial charge is 2.00 e. The van der Waals surface area contributed by atoms with E-state index in [2.05, 4.69) is 154 Å². The Morgan fingerprint density at radius 3 is 1.57 bits per heavy atom. The van der Waals surface area contributed by atoms with Crippen molar-refractivity contribution in [1.82, 2.24) is 15.0 Å². The van der Waals surface area contributed by atoms with Gasteiger partial charge in [-0.2, -0.15) is 0 Å². The van der Waals surface area contributed by atoms with Gasteiger partial charge in [-0.1, -0.05) is 134 Å². The van der Waals surface area contributed by atoms with E-state index in [-0.39, 0.29) is 17.1 Å². The molecule has 0 spiro atoms. The van der Waals surface area contributed by atoms with Crippen molar-refractivity contribution in [3.05, 3.63) is 139 Å². The molecular weight excluding hydrogens is 650 g/mol. The molecule has 3 heterocycles. The van der Waals surface area contributed by atoms with Gasteiger partial charge in [0.25, 0.3) is 0 Å². The summed E-state index contributed by atoms with van der Waals surface area (Å²) in [5.74, 6) is 2.61. The molecule has 0 atom stereocenters. The Morgan fingerprint density at radius 2 is 1.08 bits per heavy atom. The second-order valence-corrected chi connectivity index (χ2v) is 13.8. The van der Waals surface area contributed by atoms with Gasteiger partial charge in [0.05, 0.1) is 5.69 Å². The molecule has 0 amide bonds. The van der Waals surface area contributed by atoms with Gasteiger partial charge in [0.15, 0.2) is 0 Å². The van der Waals surface area contributed by atoms with Gasteiger partial charge in [0.2, 0.25) is 0 Å². The molecule has 0 fully saturated rings. The smallest absolute Gasteiger partial charge is 0.479 e. The van der Waals surface area contributed by atoms with Crippen LogP contribution in [-0.4, -0.2) is 9.97 Å². The Hall–Kier alpha value is -4.38. The second kappa shape index (κ2) is 15.4. The van der Waals surface area contributed by atoms with Crippen molar-refractivity contribution >= 4 is 33.2 Å². The molecule has 6 aromatic rings. The SMILES string of the molecule is CC(C)c1cccc(C(C)C)c1N1C=CN(c2c(C(C)C)cccc2C(C)C)[CH-]1.[Cu+2].c1ccc(-c2nc3c(ccc4ccccc43)[n-]2)nc1. The van der Waals surface area contributed by atoms with Gasteiger partial charge in [-0.25, -0.2) is 0 Å². The Bertz CT molecular complexity index is 1920. The molecule has 0 unspecified atom stereocenters. The third kappa shape index (κ3) is 7.46. The van der Waals surface area contributed by atoms with E-state index in [1.165, 1.54) is 39.0 Å². The fraction of sp³-hybridized carbons (Fsp3) is 0.279. The third-order valence-electron chi connectivity index (χ3n) is 9.06. The van der Waals surface area contributed by atoms with E-state index in [1.807, 2.05) is 36.4 Å². The molecule has 1 aliphatic rings. The molecule has 0 saturated carbocycles. The van der Waals surface area contributed by atoms with Crippen molar-refractivity contribution in [2.24, 2.45) is 0 Å². The molecule has 1 radical (unpaired) electrons. The van der Waals surface area contributed by atoms with E-state index >= 15 is 0 Å². The number of imidazole rings is 1. The minimum absolute atomic E-state index is 0. The Kier molecular flexibility index (Phi) is 11.3. The number of benzene rings is 4. The van der Waals surface area contributed by atoms with Crippen LogP contribution in [0.5, 0.6) is 0 Å². The Balaban J connectivity index is 0.000000202. The van der Waals surface area contributed by atoms with Crippen LogP contribution in [-0.2, 0) is 17.1 Å². The number of rotatable bonds is 7. The Morgan fingerprint density at radius 1 is 0.571 bits per heavy atom. The molecule has 0 aliphatic carbocycles. The number of anilines is 2. The third-order valence-corrected chi connectivity index (χ3v) is 9.06. The number of hydrogen-bond donors (Lipinski definition) is 0. The maximum absolute atomic E-state index is 4.64. The molecular formula is C43H47CuN5. The maximum Gasteiger partial charge on any atom is 2.00 e. The van der Waals surface area contributed by atoms with Gasteiger partial charge in [-0.05, 0) is 98.1 Å². The number of hydrogen-bond acceptors (Lipinski definition) is 4. The molecule has 5 nitrogen and oxygen atoms in total. The summed E-state index contributed by atoms with van der Waals surface area (Å²) in [6, 6.07) is 31.6. The first kappa shape index (κ1) is 35.9. The van der Waals surface area contributed by atoms with Crippen LogP contribution in [0.25, 0.3) is 33.3 Å². The zero-order chi connectivity index (χ0) is 33.9. The van der Waals surface area contributed by atoms with E-state index in [0.717, 1.165) is 22.1 Å². The Labute approximate surface area is 303 Å². The molecule has 2 aromatic heterocycles. The summed E-state index contributed by atoms with van der Waals surface area (Å²) in [7, 11) is 0. The monoisotopic (exact) mass is 696 g/mol. The molecule has 1 aliphatic heterocycles. The zero-order valence-corrected chi connectivity index (χ0v) is 30.8. The summed E-state index contributed by atoms with van der Waals surface area (Å²) < 4.78 is 0. The van der Waals surface area contributed by atoms with Crippen LogP contribution in [0.3, 0.4) is 0 Å². The summed E-state index contributed by atoms with van der Waals surface area (Å²) in [5, 5.41) is 2.32. The number of pyridine rings is 1. The first-order valence-corrected chi connectivity index (χ1v) is 17.2. The molecule has 0 N–H and O–H groups in total. The molecule has 0 saturated heterocycles. The number of aromatic nitrogens is 3. The van der Waals surface area contributed by atoms with Crippen LogP contribution >= 0.6 is 0 Å². The van der Waals surface area contributed by atoms with Crippen LogP contribution in [0.4, 0.5) is 11.4 Å². The summed E-state index contributed by atoms with van der Waals surface area (Å²) in [6.07, 6.45) is 6.19. The predicted molar refractivity (Wildman–Crippen MR) is 203 cm³/mol. The van der Waals surface area contributed by atoms with Crippen molar-refractivity contribution in [3.8, 4) is 11.5 Å². The molecule has 7 rings (SSSR count). The van der Waals surface area contributed by atoms with Crippen LogP contribution in [0.15, 0.2) is 110 Å². The van der Waals surface area contributed by atoms with E-state index in [1.54, 1.807) is 6.20 Å². The summed E-state index contributed by atoms with van der Waals surface area (Å²) >= 11 is 0. The zero-order valence-electron chi connectivity index (χ0n) is 29.8. The average molecular weight is 697 g/mol. The van der Waals surface area contributed by atoms with Crippen LogP contribution in [0.2, 0.25) is 0 Å². The summed E-state index contributed by atoms with van der Waals surface area (Å²) in [6.45, 7) is 20.5. The van der Waals surface area contributed by atoms with Gasteiger partial charge in [0.1, 0.15) is 0 Å². The van der Waals surface area contributed by atoms with E-state index in [9.17, 15) is 0 Å². The van der Waals surface area contributed by atoms with E-state index in [4.69, 9.17) is 0 Å². The fourth-order valence-electron chi connectivity index (χ4n) is 6.54. The van der Waals surface area contributed by atoms with Gasteiger partial charge in [0, 0.05) is 17.6 Å². The van der Waals surface area contributed by atoms with Crippen molar-refractivity contribution < 1.29 is 17.1 Å². The van der Waals surface area contributed by atoms with Crippen LogP contribution in [0, 0.1) is 6.67 Å². The van der Waals surface area contributed by atoms with Crippen molar-refractivity contribution in [3.63, 3.8) is 0 Å². The molecule has 4 aromatic carbocycles. The molecule has 6 heteroatoms. The molecule has 0 bridgehead atoms. The van der Waals surface area contributed by atoms with E-state index < -0.39 is 0 Å². The van der Waals surface area contributed by atoms with Gasteiger partial charge < -0.3 is 19.8 Å². The number of para-hydroxylation sites is 2. The van der Waals surface area contributed by atoms with Crippen molar-refractivity contribution in [2.75, 3.05) is 9.80 Å². The van der Waals surface area contributed by atoms with Crippen molar-refractivity contribution in [2.45, 2.75) is 79.1 Å². The predicted octanol–water partition coefficient (Wildman–Crippen LogP) is 11.5. The molecule has 255 valence electrons. The van der Waals surface area contributed by atoms with Gasteiger partial charge in [-0.3, -0.25) is 4.98 Å². The maximum atomic E-state index is 4.64. The number of fused-ring (bicyclic) bond motifs is 3. The van der Waals surface area contributed by atoms with Crippen LogP contribution < -0.4 is 14.8 Å². The fourth-order valence-corrected chi connectivity index (χ4v) is 6.54. The van der Waals surface area contributed by atoms with Gasteiger partial charge >= 0.3 is 17.1 Å².